The van der Waals surface area contributed by atoms with Crippen LogP contribution in [0.3, 0.4) is 0 Å². The summed E-state index contributed by atoms with van der Waals surface area (Å²) in [6.07, 6.45) is 1.94. The molecule has 0 bridgehead atoms. The molecule has 0 spiro atoms. The van der Waals surface area contributed by atoms with Crippen LogP contribution in [0.1, 0.15) is 9.67 Å². The molecule has 8 heteroatoms. The summed E-state index contributed by atoms with van der Waals surface area (Å²) in [7, 11) is 1.77. The van der Waals surface area contributed by atoms with E-state index in [2.05, 4.69) is 10.3 Å². The van der Waals surface area contributed by atoms with Crippen LogP contribution in [0, 0.1) is 0 Å². The lowest BCUT2D eigenvalue weighted by Crippen LogP contribution is -2.28. The molecule has 15 heavy (non-hydrogen) atoms. The molecule has 1 heterocycles. The third-order valence-corrected chi connectivity index (χ3v) is 1.95. The van der Waals surface area contributed by atoms with Crippen molar-refractivity contribution >= 4 is 29.0 Å². The Morgan fingerprint density at radius 2 is 2.00 bits per heavy atom. The Kier molecular flexibility index (Phi) is 5.64. The van der Waals surface area contributed by atoms with E-state index in [9.17, 15) is 4.79 Å². The summed E-state index contributed by atoms with van der Waals surface area (Å²) in [5.41, 5.74) is 0. The Morgan fingerprint density at radius 3 is 2.20 bits per heavy atom. The van der Waals surface area contributed by atoms with Gasteiger partial charge in [-0.1, -0.05) is 11.3 Å². The fourth-order valence-electron chi connectivity index (χ4n) is 0.457. The Hall–Kier alpha value is -1.35. The molecular formula is C7H10N2O5S. The number of nitrogens with zero attached hydrogens (tertiary/aromatic N) is 1. The maximum Gasteiger partial charge on any atom is 0.336 e. The molecule has 0 aromatic carbocycles. The average molecular weight is 234 g/mol. The summed E-state index contributed by atoms with van der Waals surface area (Å²) in [6.45, 7) is 0. The van der Waals surface area contributed by atoms with Crippen molar-refractivity contribution in [3.63, 3.8) is 0 Å². The lowest BCUT2D eigenvalue weighted by molar-refractivity contribution is -0.277. The van der Waals surface area contributed by atoms with Crippen LogP contribution in [-0.2, 0) is 4.79 Å². The van der Waals surface area contributed by atoms with Gasteiger partial charge in [0.05, 0.1) is 11.1 Å². The van der Waals surface area contributed by atoms with Crippen LogP contribution in [0.5, 0.6) is 0 Å². The fraction of sp³-hybridized carbons (Fsp3) is 0.286. The van der Waals surface area contributed by atoms with Crippen molar-refractivity contribution in [3.05, 3.63) is 11.1 Å². The Morgan fingerprint density at radius 1 is 1.47 bits per heavy atom. The first-order valence-electron chi connectivity index (χ1n) is 3.65. The van der Waals surface area contributed by atoms with Gasteiger partial charge in [0.15, 0.2) is 11.4 Å². The smallest absolute Gasteiger partial charge is 0.336 e. The van der Waals surface area contributed by atoms with Gasteiger partial charge in [0.2, 0.25) is 6.29 Å². The summed E-state index contributed by atoms with van der Waals surface area (Å²) >= 11 is 1.34. The van der Waals surface area contributed by atoms with Crippen LogP contribution < -0.4 is 5.32 Å². The average Bonchev–Trinajstić information content (AvgIpc) is 2.65. The molecule has 0 saturated heterocycles. The van der Waals surface area contributed by atoms with E-state index in [-0.39, 0.29) is 0 Å². The number of carbonyl (C=O) groups excluding carboxylic acids is 2. The highest BCUT2D eigenvalue weighted by Crippen LogP contribution is 2.14. The van der Waals surface area contributed by atoms with Crippen LogP contribution in [0.15, 0.2) is 6.20 Å². The minimum Gasteiger partial charge on any atom is -0.365 e. The van der Waals surface area contributed by atoms with Gasteiger partial charge >= 0.3 is 5.97 Å². The van der Waals surface area contributed by atoms with Crippen LogP contribution >= 0.6 is 11.3 Å². The van der Waals surface area contributed by atoms with Gasteiger partial charge in [-0.25, -0.2) is 4.98 Å². The molecule has 0 fully saturated rings. The topological polar surface area (TPSA) is 120 Å². The van der Waals surface area contributed by atoms with Crippen LogP contribution in [0.4, 0.5) is 5.13 Å². The zero-order valence-corrected chi connectivity index (χ0v) is 8.56. The van der Waals surface area contributed by atoms with E-state index < -0.39 is 12.3 Å². The molecule has 0 aliphatic rings. The zero-order valence-electron chi connectivity index (χ0n) is 7.75. The van der Waals surface area contributed by atoms with Gasteiger partial charge in [-0.15, -0.1) is 0 Å². The molecule has 0 unspecified atom stereocenters. The zero-order chi connectivity index (χ0) is 11.9. The van der Waals surface area contributed by atoms with Crippen LogP contribution in [0.2, 0.25) is 0 Å². The summed E-state index contributed by atoms with van der Waals surface area (Å²) in [5.74, 6) is -3.14. The third kappa shape index (κ3) is 6.69. The van der Waals surface area contributed by atoms with E-state index in [0.29, 0.717) is 4.88 Å². The lowest BCUT2D eigenvalue weighted by Gasteiger charge is -1.99. The monoisotopic (exact) mass is 234 g/mol. The highest BCUT2D eigenvalue weighted by molar-refractivity contribution is 7.17. The molecule has 0 atom stereocenters. The van der Waals surface area contributed by atoms with Crippen molar-refractivity contribution in [2.45, 2.75) is 5.97 Å². The molecule has 1 aromatic heterocycles. The maximum atomic E-state index is 10.1. The number of nitrogens with one attached hydrogen (secondary N) is 1. The highest BCUT2D eigenvalue weighted by atomic mass is 32.1. The molecule has 0 amide bonds. The maximum absolute atomic E-state index is 10.1. The lowest BCUT2D eigenvalue weighted by atomic mass is 10.6. The number of aldehydes is 2. The van der Waals surface area contributed by atoms with Gasteiger partial charge in [-0.05, 0) is 0 Å². The number of anilines is 1. The highest BCUT2D eigenvalue weighted by Gasteiger charge is 2.13. The largest absolute Gasteiger partial charge is 0.365 e. The molecule has 0 saturated carbocycles. The van der Waals surface area contributed by atoms with Gasteiger partial charge in [0, 0.05) is 7.05 Å². The summed E-state index contributed by atoms with van der Waals surface area (Å²) < 4.78 is 0. The first-order valence-corrected chi connectivity index (χ1v) is 4.46. The van der Waals surface area contributed by atoms with Gasteiger partial charge in [0.25, 0.3) is 0 Å². The van der Waals surface area contributed by atoms with Crippen molar-refractivity contribution in [2.75, 3.05) is 12.4 Å². The third-order valence-electron chi connectivity index (χ3n) is 1.01. The molecule has 1 rings (SSSR count). The predicted molar refractivity (Wildman–Crippen MR) is 52.5 cm³/mol. The van der Waals surface area contributed by atoms with Gasteiger partial charge in [-0.2, -0.15) is 0 Å². The van der Waals surface area contributed by atoms with Crippen molar-refractivity contribution in [1.29, 1.82) is 0 Å². The number of hydrogen-bond acceptors (Lipinski definition) is 8. The second-order valence-electron chi connectivity index (χ2n) is 2.24. The Bertz CT molecular complexity index is 319. The Labute approximate surface area is 89.0 Å². The molecule has 84 valence electrons. The van der Waals surface area contributed by atoms with Crippen molar-refractivity contribution in [2.24, 2.45) is 0 Å². The van der Waals surface area contributed by atoms with Crippen LogP contribution in [0.25, 0.3) is 0 Å². The van der Waals surface area contributed by atoms with E-state index in [4.69, 9.17) is 20.1 Å². The van der Waals surface area contributed by atoms with Crippen molar-refractivity contribution in [3.8, 4) is 0 Å². The molecular weight excluding hydrogens is 224 g/mol. The van der Waals surface area contributed by atoms with E-state index in [1.54, 1.807) is 13.2 Å². The summed E-state index contributed by atoms with van der Waals surface area (Å²) in [6, 6.07) is 0. The van der Waals surface area contributed by atoms with Crippen LogP contribution in [-0.4, -0.2) is 45.9 Å². The first kappa shape index (κ1) is 13.7. The SMILES string of the molecule is CNc1ncc(C=O)s1.O=CC(O)(O)O. The summed E-state index contributed by atoms with van der Waals surface area (Å²) in [5, 5.41) is 26.3. The van der Waals surface area contributed by atoms with Crippen molar-refractivity contribution in [1.82, 2.24) is 4.98 Å². The number of thiazole rings is 1. The van der Waals surface area contributed by atoms with Crippen molar-refractivity contribution < 1.29 is 24.9 Å². The minimum atomic E-state index is -3.14. The normalized spacial score (nSPS) is 9.87. The number of aliphatic hydroxyl groups is 3. The Balaban J connectivity index is 0.000000288. The van der Waals surface area contributed by atoms with E-state index >= 15 is 0 Å². The second kappa shape index (κ2) is 6.19. The molecule has 4 N–H and O–H groups in total. The molecule has 1 aromatic rings. The first-order chi connectivity index (χ1) is 6.92. The van der Waals surface area contributed by atoms with Gasteiger partial charge in [0.1, 0.15) is 0 Å². The second-order valence-corrected chi connectivity index (χ2v) is 3.30. The predicted octanol–water partition coefficient (Wildman–Crippen LogP) is -1.19. The fourth-order valence-corrected chi connectivity index (χ4v) is 1.04. The number of carbonyl (C=O) groups is 2. The molecule has 0 aliphatic carbocycles. The van der Waals surface area contributed by atoms with E-state index in [1.807, 2.05) is 0 Å². The number of aromatic nitrogens is 1. The minimum absolute atomic E-state index is 0.396. The van der Waals surface area contributed by atoms with E-state index in [0.717, 1.165) is 11.4 Å². The summed E-state index contributed by atoms with van der Waals surface area (Å²) in [4.78, 5) is 23.7. The number of hydrogen-bond donors (Lipinski definition) is 4. The number of rotatable bonds is 3. The van der Waals surface area contributed by atoms with E-state index in [1.165, 1.54) is 11.3 Å². The standard InChI is InChI=1S/C5H6N2OS.C2H4O4/c1-6-5-7-2-4(3-8)9-5;3-1-2(4,5)6/h2-3H,1H3,(H,6,7);1,4-6H. The molecule has 0 radical (unpaired) electrons. The quantitative estimate of drug-likeness (QED) is 0.383. The molecule has 0 aliphatic heterocycles. The molecule has 7 nitrogen and oxygen atoms in total. The van der Waals surface area contributed by atoms with Gasteiger partial charge < -0.3 is 20.6 Å². The van der Waals surface area contributed by atoms with Gasteiger partial charge in [-0.3, -0.25) is 9.59 Å².